The molecule has 2 N–H and O–H groups in total. The lowest BCUT2D eigenvalue weighted by Gasteiger charge is -2.12. The highest BCUT2D eigenvalue weighted by atomic mass is 16.5. The zero-order valence-corrected chi connectivity index (χ0v) is 13.0. The van der Waals surface area contributed by atoms with E-state index in [1.165, 1.54) is 5.56 Å². The van der Waals surface area contributed by atoms with Gasteiger partial charge in [-0.05, 0) is 31.2 Å². The minimum absolute atomic E-state index is 0.149. The zero-order chi connectivity index (χ0) is 15.9. The second kappa shape index (κ2) is 7.36. The van der Waals surface area contributed by atoms with Crippen LogP contribution in [0.25, 0.3) is 0 Å². The summed E-state index contributed by atoms with van der Waals surface area (Å²) in [7, 11) is 3.13. The van der Waals surface area contributed by atoms with Crippen molar-refractivity contribution in [3.8, 4) is 11.5 Å². The Morgan fingerprint density at radius 1 is 1.05 bits per heavy atom. The average molecular weight is 300 g/mol. The van der Waals surface area contributed by atoms with Gasteiger partial charge in [0.1, 0.15) is 11.5 Å². The van der Waals surface area contributed by atoms with Crippen LogP contribution in [0.3, 0.4) is 0 Å². The molecule has 5 heteroatoms. The van der Waals surface area contributed by atoms with Gasteiger partial charge in [0.2, 0.25) is 5.91 Å². The van der Waals surface area contributed by atoms with Crippen molar-refractivity contribution in [1.29, 1.82) is 0 Å². The first-order chi connectivity index (χ1) is 10.6. The number of hydrogen-bond acceptors (Lipinski definition) is 4. The SMILES string of the molecule is COc1ccc(NC(=O)CNc2ccc(C)cc2)c(OC)c1. The van der Waals surface area contributed by atoms with Gasteiger partial charge in [-0.2, -0.15) is 0 Å². The number of amides is 1. The maximum Gasteiger partial charge on any atom is 0.243 e. The molecule has 0 spiro atoms. The van der Waals surface area contributed by atoms with Crippen LogP contribution in [-0.2, 0) is 4.79 Å². The Hall–Kier alpha value is -2.69. The normalized spacial score (nSPS) is 9.95. The minimum atomic E-state index is -0.149. The number of methoxy groups -OCH3 is 2. The van der Waals surface area contributed by atoms with Crippen molar-refractivity contribution in [2.75, 3.05) is 31.4 Å². The monoisotopic (exact) mass is 300 g/mol. The summed E-state index contributed by atoms with van der Waals surface area (Å²) in [6.07, 6.45) is 0. The molecule has 2 aromatic rings. The van der Waals surface area contributed by atoms with Crippen LogP contribution in [0.4, 0.5) is 11.4 Å². The summed E-state index contributed by atoms with van der Waals surface area (Å²) in [5.74, 6) is 1.08. The smallest absolute Gasteiger partial charge is 0.243 e. The third-order valence-corrected chi connectivity index (χ3v) is 3.19. The summed E-state index contributed by atoms with van der Waals surface area (Å²) in [5, 5.41) is 5.89. The van der Waals surface area contributed by atoms with Crippen LogP contribution >= 0.6 is 0 Å². The molecule has 0 aliphatic carbocycles. The maximum atomic E-state index is 12.0. The molecule has 0 radical (unpaired) electrons. The molecule has 0 saturated carbocycles. The van der Waals surface area contributed by atoms with Gasteiger partial charge in [0.25, 0.3) is 0 Å². The summed E-state index contributed by atoms with van der Waals surface area (Å²) >= 11 is 0. The molecule has 22 heavy (non-hydrogen) atoms. The number of aryl methyl sites for hydroxylation is 1. The van der Waals surface area contributed by atoms with E-state index in [9.17, 15) is 4.79 Å². The molecule has 2 aromatic carbocycles. The summed E-state index contributed by atoms with van der Waals surface area (Å²) in [6, 6.07) is 13.1. The van der Waals surface area contributed by atoms with E-state index in [1.807, 2.05) is 31.2 Å². The number of anilines is 2. The van der Waals surface area contributed by atoms with E-state index in [0.717, 1.165) is 5.69 Å². The van der Waals surface area contributed by atoms with Crippen LogP contribution in [0.1, 0.15) is 5.56 Å². The van der Waals surface area contributed by atoms with Gasteiger partial charge < -0.3 is 20.1 Å². The van der Waals surface area contributed by atoms with Gasteiger partial charge in [-0.3, -0.25) is 4.79 Å². The third kappa shape index (κ3) is 4.15. The van der Waals surface area contributed by atoms with E-state index in [1.54, 1.807) is 32.4 Å². The van der Waals surface area contributed by atoms with Crippen molar-refractivity contribution in [3.05, 3.63) is 48.0 Å². The molecular weight excluding hydrogens is 280 g/mol. The zero-order valence-electron chi connectivity index (χ0n) is 13.0. The van der Waals surface area contributed by atoms with Crippen LogP contribution < -0.4 is 20.1 Å². The summed E-state index contributed by atoms with van der Waals surface area (Å²) < 4.78 is 10.4. The van der Waals surface area contributed by atoms with Gasteiger partial charge in [-0.15, -0.1) is 0 Å². The molecule has 1 amide bonds. The molecule has 0 heterocycles. The molecule has 0 aliphatic rings. The standard InChI is InChI=1S/C17H20N2O3/c1-12-4-6-13(7-5-12)18-11-17(20)19-15-9-8-14(21-2)10-16(15)22-3/h4-10,18H,11H2,1-3H3,(H,19,20). The molecule has 0 atom stereocenters. The number of carbonyl (C=O) groups excluding carboxylic acids is 1. The number of carbonyl (C=O) groups is 1. The lowest BCUT2D eigenvalue weighted by Crippen LogP contribution is -2.22. The molecule has 0 unspecified atom stereocenters. The lowest BCUT2D eigenvalue weighted by atomic mass is 10.2. The summed E-state index contributed by atoms with van der Waals surface area (Å²) in [4.78, 5) is 12.0. The van der Waals surface area contributed by atoms with E-state index in [0.29, 0.717) is 17.2 Å². The van der Waals surface area contributed by atoms with Crippen LogP contribution in [-0.4, -0.2) is 26.7 Å². The Morgan fingerprint density at radius 2 is 1.77 bits per heavy atom. The van der Waals surface area contributed by atoms with Crippen molar-refractivity contribution in [3.63, 3.8) is 0 Å². The first kappa shape index (κ1) is 15.7. The fourth-order valence-electron chi connectivity index (χ4n) is 1.95. The Labute approximate surface area is 130 Å². The van der Waals surface area contributed by atoms with E-state index < -0.39 is 0 Å². The molecule has 5 nitrogen and oxygen atoms in total. The third-order valence-electron chi connectivity index (χ3n) is 3.19. The molecule has 116 valence electrons. The summed E-state index contributed by atoms with van der Waals surface area (Å²) in [6.45, 7) is 2.20. The van der Waals surface area contributed by atoms with Crippen molar-refractivity contribution in [2.45, 2.75) is 6.92 Å². The van der Waals surface area contributed by atoms with E-state index >= 15 is 0 Å². The van der Waals surface area contributed by atoms with Crippen molar-refractivity contribution in [2.24, 2.45) is 0 Å². The first-order valence-electron chi connectivity index (χ1n) is 6.95. The van der Waals surface area contributed by atoms with Gasteiger partial charge in [0.05, 0.1) is 26.5 Å². The molecule has 0 saturated heterocycles. The van der Waals surface area contributed by atoms with Crippen LogP contribution in [0.5, 0.6) is 11.5 Å². The highest BCUT2D eigenvalue weighted by Gasteiger charge is 2.08. The predicted octanol–water partition coefficient (Wildman–Crippen LogP) is 3.06. The van der Waals surface area contributed by atoms with E-state index in [4.69, 9.17) is 9.47 Å². The van der Waals surface area contributed by atoms with Crippen molar-refractivity contribution >= 4 is 17.3 Å². The minimum Gasteiger partial charge on any atom is -0.497 e. The molecule has 0 aliphatic heterocycles. The van der Waals surface area contributed by atoms with Crippen molar-refractivity contribution < 1.29 is 14.3 Å². The number of nitrogens with one attached hydrogen (secondary N) is 2. The second-order valence-electron chi connectivity index (χ2n) is 4.83. The Kier molecular flexibility index (Phi) is 5.25. The van der Waals surface area contributed by atoms with E-state index in [2.05, 4.69) is 10.6 Å². The van der Waals surface area contributed by atoms with Gasteiger partial charge >= 0.3 is 0 Å². The van der Waals surface area contributed by atoms with Crippen LogP contribution in [0.15, 0.2) is 42.5 Å². The fourth-order valence-corrected chi connectivity index (χ4v) is 1.95. The predicted molar refractivity (Wildman–Crippen MR) is 87.8 cm³/mol. The maximum absolute atomic E-state index is 12.0. The fraction of sp³-hybridized carbons (Fsp3) is 0.235. The quantitative estimate of drug-likeness (QED) is 0.861. The second-order valence-corrected chi connectivity index (χ2v) is 4.83. The largest absolute Gasteiger partial charge is 0.497 e. The topological polar surface area (TPSA) is 59.6 Å². The molecule has 0 bridgehead atoms. The van der Waals surface area contributed by atoms with Crippen LogP contribution in [0, 0.1) is 6.92 Å². The number of benzene rings is 2. The molecule has 0 aromatic heterocycles. The van der Waals surface area contributed by atoms with Gasteiger partial charge in [-0.25, -0.2) is 0 Å². The summed E-state index contributed by atoms with van der Waals surface area (Å²) in [5.41, 5.74) is 2.69. The highest BCUT2D eigenvalue weighted by molar-refractivity contribution is 5.95. The molecule has 0 fully saturated rings. The molecule has 2 rings (SSSR count). The number of rotatable bonds is 6. The average Bonchev–Trinajstić information content (AvgIpc) is 2.54. The lowest BCUT2D eigenvalue weighted by molar-refractivity contribution is -0.114. The van der Waals surface area contributed by atoms with E-state index in [-0.39, 0.29) is 12.5 Å². The number of ether oxygens (including phenoxy) is 2. The first-order valence-corrected chi connectivity index (χ1v) is 6.95. The van der Waals surface area contributed by atoms with Crippen molar-refractivity contribution in [1.82, 2.24) is 0 Å². The molecular formula is C17H20N2O3. The number of hydrogen-bond donors (Lipinski definition) is 2. The van der Waals surface area contributed by atoms with Gasteiger partial charge in [0, 0.05) is 11.8 Å². The Balaban J connectivity index is 1.95. The Morgan fingerprint density at radius 3 is 2.41 bits per heavy atom. The highest BCUT2D eigenvalue weighted by Crippen LogP contribution is 2.28. The van der Waals surface area contributed by atoms with Crippen LogP contribution in [0.2, 0.25) is 0 Å². The Bertz CT molecular complexity index is 639. The van der Waals surface area contributed by atoms with Gasteiger partial charge in [-0.1, -0.05) is 17.7 Å². The van der Waals surface area contributed by atoms with Gasteiger partial charge in [0.15, 0.2) is 0 Å².